The maximum absolute atomic E-state index is 12.5. The van der Waals surface area contributed by atoms with Gasteiger partial charge in [-0.1, -0.05) is 29.3 Å². The highest BCUT2D eigenvalue weighted by Crippen LogP contribution is 2.48. The fourth-order valence-corrected chi connectivity index (χ4v) is 2.68. The molecule has 1 aromatic carbocycles. The summed E-state index contributed by atoms with van der Waals surface area (Å²) in [7, 11) is 1.65. The molecule has 104 valence electrons. The molecule has 1 aliphatic rings. The summed E-state index contributed by atoms with van der Waals surface area (Å²) in [5.41, 5.74) is 3.31. The van der Waals surface area contributed by atoms with Crippen LogP contribution in [0, 0.1) is 13.8 Å². The van der Waals surface area contributed by atoms with Crippen molar-refractivity contribution in [2.24, 2.45) is 0 Å². The van der Waals surface area contributed by atoms with Crippen LogP contribution < -0.4 is 5.32 Å². The average molecular weight is 261 g/mol. The first-order valence-corrected chi connectivity index (χ1v) is 6.86. The smallest absolute Gasteiger partial charge is 0.230 e. The van der Waals surface area contributed by atoms with Gasteiger partial charge in [0, 0.05) is 13.2 Å². The second-order valence-electron chi connectivity index (χ2n) is 5.79. The summed E-state index contributed by atoms with van der Waals surface area (Å²) < 4.78 is 5.07. The van der Waals surface area contributed by atoms with E-state index in [2.05, 4.69) is 37.4 Å². The molecule has 0 saturated heterocycles. The Morgan fingerprint density at radius 1 is 1.32 bits per heavy atom. The first-order chi connectivity index (χ1) is 8.98. The Morgan fingerprint density at radius 2 is 1.89 bits per heavy atom. The lowest BCUT2D eigenvalue weighted by Crippen LogP contribution is -2.42. The van der Waals surface area contributed by atoms with Crippen molar-refractivity contribution in [1.29, 1.82) is 0 Å². The maximum atomic E-state index is 12.5. The SMILES string of the molecule is COC[C@H](C)NC(=O)C1(c2cc(C)cc(C)c2)CC1. The van der Waals surface area contributed by atoms with E-state index in [1.807, 2.05) is 6.92 Å². The van der Waals surface area contributed by atoms with E-state index in [4.69, 9.17) is 4.74 Å². The lowest BCUT2D eigenvalue weighted by atomic mass is 9.92. The number of aryl methyl sites for hydroxylation is 2. The Bertz CT molecular complexity index is 457. The molecular formula is C16H23NO2. The van der Waals surface area contributed by atoms with Gasteiger partial charge in [0.1, 0.15) is 0 Å². The zero-order chi connectivity index (χ0) is 14.0. The number of ether oxygens (including phenoxy) is 1. The van der Waals surface area contributed by atoms with E-state index in [1.54, 1.807) is 7.11 Å². The molecule has 1 N–H and O–H groups in total. The molecule has 0 aliphatic heterocycles. The number of amides is 1. The number of hydrogen-bond acceptors (Lipinski definition) is 2. The van der Waals surface area contributed by atoms with Crippen LogP contribution in [0.4, 0.5) is 0 Å². The predicted octanol–water partition coefficient (Wildman–Crippen LogP) is 2.49. The van der Waals surface area contributed by atoms with Crippen molar-refractivity contribution in [3.63, 3.8) is 0 Å². The topological polar surface area (TPSA) is 38.3 Å². The fraction of sp³-hybridized carbons (Fsp3) is 0.562. The van der Waals surface area contributed by atoms with Crippen LogP contribution in [-0.2, 0) is 14.9 Å². The highest BCUT2D eigenvalue weighted by Gasteiger charge is 2.51. The van der Waals surface area contributed by atoms with Crippen molar-refractivity contribution in [2.75, 3.05) is 13.7 Å². The van der Waals surface area contributed by atoms with Crippen LogP contribution in [0.15, 0.2) is 18.2 Å². The molecule has 3 heteroatoms. The van der Waals surface area contributed by atoms with Gasteiger partial charge in [0.25, 0.3) is 0 Å². The van der Waals surface area contributed by atoms with Gasteiger partial charge in [0.05, 0.1) is 12.0 Å². The summed E-state index contributed by atoms with van der Waals surface area (Å²) in [4.78, 5) is 12.5. The van der Waals surface area contributed by atoms with Crippen LogP contribution in [0.3, 0.4) is 0 Å². The highest BCUT2D eigenvalue weighted by molar-refractivity contribution is 5.91. The van der Waals surface area contributed by atoms with Crippen molar-refractivity contribution in [1.82, 2.24) is 5.32 Å². The summed E-state index contributed by atoms with van der Waals surface area (Å²) in [5.74, 6) is 0.141. The number of methoxy groups -OCH3 is 1. The van der Waals surface area contributed by atoms with Gasteiger partial charge in [0.2, 0.25) is 5.91 Å². The number of rotatable bonds is 5. The van der Waals surface area contributed by atoms with Crippen LogP contribution in [0.25, 0.3) is 0 Å². The second kappa shape index (κ2) is 5.33. The largest absolute Gasteiger partial charge is 0.383 e. The van der Waals surface area contributed by atoms with Gasteiger partial charge in [-0.2, -0.15) is 0 Å². The Balaban J connectivity index is 2.16. The second-order valence-corrected chi connectivity index (χ2v) is 5.79. The Kier molecular flexibility index (Phi) is 3.95. The minimum Gasteiger partial charge on any atom is -0.383 e. The number of carbonyl (C=O) groups excluding carboxylic acids is 1. The van der Waals surface area contributed by atoms with Crippen molar-refractivity contribution in [2.45, 2.75) is 45.1 Å². The Labute approximate surface area is 115 Å². The highest BCUT2D eigenvalue weighted by atomic mass is 16.5. The maximum Gasteiger partial charge on any atom is 0.230 e. The molecule has 0 heterocycles. The summed E-state index contributed by atoms with van der Waals surface area (Å²) >= 11 is 0. The van der Waals surface area contributed by atoms with Gasteiger partial charge in [-0.05, 0) is 39.2 Å². The first kappa shape index (κ1) is 14.1. The van der Waals surface area contributed by atoms with E-state index in [0.717, 1.165) is 18.4 Å². The summed E-state index contributed by atoms with van der Waals surface area (Å²) in [6.45, 7) is 6.68. The van der Waals surface area contributed by atoms with E-state index in [0.29, 0.717) is 6.61 Å². The van der Waals surface area contributed by atoms with Crippen LogP contribution in [0.1, 0.15) is 36.5 Å². The van der Waals surface area contributed by atoms with Crippen LogP contribution in [-0.4, -0.2) is 25.7 Å². The third-order valence-electron chi connectivity index (χ3n) is 3.75. The molecule has 0 spiro atoms. The summed E-state index contributed by atoms with van der Waals surface area (Å²) in [5, 5.41) is 3.06. The molecule has 3 nitrogen and oxygen atoms in total. The number of carbonyl (C=O) groups is 1. The predicted molar refractivity (Wildman–Crippen MR) is 76.3 cm³/mol. The summed E-state index contributed by atoms with van der Waals surface area (Å²) in [6.07, 6.45) is 1.89. The monoisotopic (exact) mass is 261 g/mol. The normalized spacial score (nSPS) is 17.9. The molecule has 0 aromatic heterocycles. The van der Waals surface area contributed by atoms with Crippen molar-refractivity contribution in [3.8, 4) is 0 Å². The molecule has 2 rings (SSSR count). The number of benzene rings is 1. The van der Waals surface area contributed by atoms with E-state index >= 15 is 0 Å². The number of hydrogen-bond donors (Lipinski definition) is 1. The molecule has 0 radical (unpaired) electrons. The van der Waals surface area contributed by atoms with Gasteiger partial charge in [-0.15, -0.1) is 0 Å². The van der Waals surface area contributed by atoms with Gasteiger partial charge in [-0.3, -0.25) is 4.79 Å². The van der Waals surface area contributed by atoms with E-state index in [9.17, 15) is 4.79 Å². The lowest BCUT2D eigenvalue weighted by Gasteiger charge is -2.20. The molecule has 1 aromatic rings. The van der Waals surface area contributed by atoms with Crippen LogP contribution in [0.2, 0.25) is 0 Å². The molecule has 1 amide bonds. The standard InChI is InChI=1S/C16H23NO2/c1-11-7-12(2)9-14(8-11)16(5-6-16)15(18)17-13(3)10-19-4/h7-9,13H,5-6,10H2,1-4H3,(H,17,18)/t13-/m0/s1. The Morgan fingerprint density at radius 3 is 2.37 bits per heavy atom. The van der Waals surface area contributed by atoms with Gasteiger partial charge in [-0.25, -0.2) is 0 Å². The zero-order valence-electron chi connectivity index (χ0n) is 12.2. The summed E-state index contributed by atoms with van der Waals surface area (Å²) in [6, 6.07) is 6.48. The molecule has 0 bridgehead atoms. The van der Waals surface area contributed by atoms with E-state index in [1.165, 1.54) is 11.1 Å². The molecule has 1 fully saturated rings. The Hall–Kier alpha value is -1.35. The quantitative estimate of drug-likeness (QED) is 0.884. The number of nitrogens with one attached hydrogen (secondary N) is 1. The minimum absolute atomic E-state index is 0.0564. The molecular weight excluding hydrogens is 238 g/mol. The third kappa shape index (κ3) is 2.98. The van der Waals surface area contributed by atoms with Crippen molar-refractivity contribution >= 4 is 5.91 Å². The molecule has 19 heavy (non-hydrogen) atoms. The molecule has 1 aliphatic carbocycles. The van der Waals surface area contributed by atoms with E-state index < -0.39 is 0 Å². The molecule has 1 saturated carbocycles. The van der Waals surface area contributed by atoms with Crippen LogP contribution >= 0.6 is 0 Å². The minimum atomic E-state index is -0.293. The fourth-order valence-electron chi connectivity index (χ4n) is 2.68. The van der Waals surface area contributed by atoms with Gasteiger partial charge < -0.3 is 10.1 Å². The van der Waals surface area contributed by atoms with Gasteiger partial charge in [0.15, 0.2) is 0 Å². The van der Waals surface area contributed by atoms with Crippen molar-refractivity contribution in [3.05, 3.63) is 34.9 Å². The first-order valence-electron chi connectivity index (χ1n) is 6.86. The zero-order valence-corrected chi connectivity index (χ0v) is 12.2. The van der Waals surface area contributed by atoms with E-state index in [-0.39, 0.29) is 17.4 Å². The molecule has 0 unspecified atom stereocenters. The lowest BCUT2D eigenvalue weighted by molar-refractivity contribution is -0.124. The third-order valence-corrected chi connectivity index (χ3v) is 3.75. The van der Waals surface area contributed by atoms with Crippen LogP contribution in [0.5, 0.6) is 0 Å². The van der Waals surface area contributed by atoms with Crippen molar-refractivity contribution < 1.29 is 9.53 Å². The van der Waals surface area contributed by atoms with Gasteiger partial charge >= 0.3 is 0 Å². The molecule has 1 atom stereocenters. The average Bonchev–Trinajstić information content (AvgIpc) is 3.08.